The molecule has 0 fully saturated rings. The Morgan fingerprint density at radius 1 is 1.17 bits per heavy atom. The van der Waals surface area contributed by atoms with E-state index in [4.69, 9.17) is 10.1 Å². The summed E-state index contributed by atoms with van der Waals surface area (Å²) < 4.78 is 2.06. The van der Waals surface area contributed by atoms with E-state index in [0.717, 1.165) is 16.9 Å². The first-order valence-corrected chi connectivity index (χ1v) is 7.78. The normalized spacial score (nSPS) is 12.4. The molecule has 0 radical (unpaired) electrons. The molecule has 0 saturated heterocycles. The number of aryl methyl sites for hydroxylation is 1. The number of hydrogen-bond acceptors (Lipinski definition) is 2. The second kappa shape index (κ2) is 6.24. The number of carboxylic acid groups (broad SMARTS) is 1. The van der Waals surface area contributed by atoms with Crippen molar-refractivity contribution < 1.29 is 9.90 Å². The largest absolute Gasteiger partial charge is 0.481 e. The fraction of sp³-hybridized carbons (Fsp3) is 0.263. The highest BCUT2D eigenvalue weighted by Crippen LogP contribution is 2.25. The number of rotatable bonds is 5. The standard InChI is InChI=1S/C19H20N2O2/c1-13-7-9-15(10-8-13)12-18-20-16-5-3-4-6-17(16)21(18)14(2)11-19(22)23/h3-10,14H,11-12H2,1-2H3,(H,22,23). The van der Waals surface area contributed by atoms with Gasteiger partial charge >= 0.3 is 5.97 Å². The SMILES string of the molecule is Cc1ccc(Cc2nc3ccccc3n2C(C)CC(=O)O)cc1. The molecule has 1 aromatic heterocycles. The summed E-state index contributed by atoms with van der Waals surface area (Å²) in [5, 5.41) is 9.13. The molecule has 0 spiro atoms. The molecule has 23 heavy (non-hydrogen) atoms. The van der Waals surface area contributed by atoms with Gasteiger partial charge in [-0.15, -0.1) is 0 Å². The number of hydrogen-bond donors (Lipinski definition) is 1. The number of fused-ring (bicyclic) bond motifs is 1. The molecule has 1 unspecified atom stereocenters. The Balaban J connectivity index is 2.04. The van der Waals surface area contributed by atoms with Gasteiger partial charge in [-0.05, 0) is 31.5 Å². The van der Waals surface area contributed by atoms with Gasteiger partial charge < -0.3 is 9.67 Å². The van der Waals surface area contributed by atoms with Gasteiger partial charge in [-0.25, -0.2) is 4.98 Å². The molecule has 3 aromatic rings. The summed E-state index contributed by atoms with van der Waals surface area (Å²) in [5.41, 5.74) is 4.30. The van der Waals surface area contributed by atoms with Crippen molar-refractivity contribution in [1.29, 1.82) is 0 Å². The Kier molecular flexibility index (Phi) is 4.15. The summed E-state index contributed by atoms with van der Waals surface area (Å²) >= 11 is 0. The minimum atomic E-state index is -0.795. The van der Waals surface area contributed by atoms with Crippen molar-refractivity contribution in [3.63, 3.8) is 0 Å². The summed E-state index contributed by atoms with van der Waals surface area (Å²) in [4.78, 5) is 15.8. The van der Waals surface area contributed by atoms with E-state index in [1.807, 2.05) is 31.2 Å². The molecular formula is C19H20N2O2. The molecule has 1 atom stereocenters. The first-order chi connectivity index (χ1) is 11.0. The highest BCUT2D eigenvalue weighted by molar-refractivity contribution is 5.76. The zero-order chi connectivity index (χ0) is 16.4. The lowest BCUT2D eigenvalue weighted by molar-refractivity contribution is -0.137. The van der Waals surface area contributed by atoms with Crippen LogP contribution in [-0.2, 0) is 11.2 Å². The van der Waals surface area contributed by atoms with Crippen LogP contribution in [0, 0.1) is 6.92 Å². The average Bonchev–Trinajstić information content (AvgIpc) is 2.86. The Bertz CT molecular complexity index is 834. The van der Waals surface area contributed by atoms with Crippen molar-refractivity contribution in [2.45, 2.75) is 32.7 Å². The molecule has 1 N–H and O–H groups in total. The molecule has 0 aliphatic rings. The van der Waals surface area contributed by atoms with Crippen molar-refractivity contribution in [3.05, 3.63) is 65.5 Å². The van der Waals surface area contributed by atoms with Gasteiger partial charge in [0.25, 0.3) is 0 Å². The van der Waals surface area contributed by atoms with E-state index in [-0.39, 0.29) is 12.5 Å². The molecule has 4 heteroatoms. The van der Waals surface area contributed by atoms with Crippen LogP contribution in [0.4, 0.5) is 0 Å². The Morgan fingerprint density at radius 3 is 2.57 bits per heavy atom. The molecule has 4 nitrogen and oxygen atoms in total. The zero-order valence-electron chi connectivity index (χ0n) is 13.4. The number of benzene rings is 2. The zero-order valence-corrected chi connectivity index (χ0v) is 13.4. The summed E-state index contributed by atoms with van der Waals surface area (Å²) in [6.45, 7) is 3.99. The summed E-state index contributed by atoms with van der Waals surface area (Å²) in [5.74, 6) is 0.111. The molecule has 2 aromatic carbocycles. The van der Waals surface area contributed by atoms with Crippen LogP contribution in [0.15, 0.2) is 48.5 Å². The summed E-state index contributed by atoms with van der Waals surface area (Å²) in [6, 6.07) is 16.1. The first kappa shape index (κ1) is 15.3. The number of carbonyl (C=O) groups is 1. The number of aromatic nitrogens is 2. The fourth-order valence-corrected chi connectivity index (χ4v) is 2.94. The Hall–Kier alpha value is -2.62. The second-order valence-electron chi connectivity index (χ2n) is 6.00. The minimum Gasteiger partial charge on any atom is -0.481 e. The van der Waals surface area contributed by atoms with Crippen LogP contribution in [0.2, 0.25) is 0 Å². The molecule has 1 heterocycles. The molecule has 118 valence electrons. The molecule has 0 amide bonds. The van der Waals surface area contributed by atoms with E-state index >= 15 is 0 Å². The number of para-hydroxylation sites is 2. The monoisotopic (exact) mass is 308 g/mol. The van der Waals surface area contributed by atoms with Crippen LogP contribution >= 0.6 is 0 Å². The van der Waals surface area contributed by atoms with Crippen molar-refractivity contribution in [1.82, 2.24) is 9.55 Å². The fourth-order valence-electron chi connectivity index (χ4n) is 2.94. The van der Waals surface area contributed by atoms with Crippen LogP contribution in [0.25, 0.3) is 11.0 Å². The lowest BCUT2D eigenvalue weighted by Gasteiger charge is -2.16. The topological polar surface area (TPSA) is 55.1 Å². The summed E-state index contributed by atoms with van der Waals surface area (Å²) in [6.07, 6.45) is 0.778. The van der Waals surface area contributed by atoms with Gasteiger partial charge in [-0.3, -0.25) is 4.79 Å². The first-order valence-electron chi connectivity index (χ1n) is 7.78. The Labute approximate surface area is 135 Å². The predicted octanol–water partition coefficient (Wildman–Crippen LogP) is 3.97. The number of carboxylic acids is 1. The molecule has 3 rings (SSSR count). The van der Waals surface area contributed by atoms with Gasteiger partial charge in [0.15, 0.2) is 0 Å². The van der Waals surface area contributed by atoms with E-state index < -0.39 is 5.97 Å². The number of imidazole rings is 1. The van der Waals surface area contributed by atoms with Gasteiger partial charge in [0.2, 0.25) is 0 Å². The second-order valence-corrected chi connectivity index (χ2v) is 6.00. The number of nitrogens with zero attached hydrogens (tertiary/aromatic N) is 2. The highest BCUT2D eigenvalue weighted by atomic mass is 16.4. The third-order valence-electron chi connectivity index (χ3n) is 4.06. The van der Waals surface area contributed by atoms with Crippen molar-refractivity contribution in [3.8, 4) is 0 Å². The summed E-state index contributed by atoms with van der Waals surface area (Å²) in [7, 11) is 0. The van der Waals surface area contributed by atoms with E-state index in [0.29, 0.717) is 6.42 Å². The third kappa shape index (κ3) is 3.26. The molecule has 0 aliphatic heterocycles. The van der Waals surface area contributed by atoms with Crippen LogP contribution in [0.1, 0.15) is 36.3 Å². The average molecular weight is 308 g/mol. The molecule has 0 bridgehead atoms. The van der Waals surface area contributed by atoms with Crippen LogP contribution in [-0.4, -0.2) is 20.6 Å². The van der Waals surface area contributed by atoms with Gasteiger partial charge in [0.05, 0.1) is 17.5 Å². The van der Waals surface area contributed by atoms with E-state index in [9.17, 15) is 4.79 Å². The van der Waals surface area contributed by atoms with Gasteiger partial charge in [-0.1, -0.05) is 42.0 Å². The van der Waals surface area contributed by atoms with Crippen LogP contribution < -0.4 is 0 Å². The Morgan fingerprint density at radius 2 is 1.87 bits per heavy atom. The lowest BCUT2D eigenvalue weighted by Crippen LogP contribution is -2.13. The third-order valence-corrected chi connectivity index (χ3v) is 4.06. The van der Waals surface area contributed by atoms with Crippen molar-refractivity contribution in [2.24, 2.45) is 0 Å². The molecular weight excluding hydrogens is 288 g/mol. The molecule has 0 saturated carbocycles. The number of aliphatic carboxylic acids is 1. The van der Waals surface area contributed by atoms with E-state index in [1.165, 1.54) is 11.1 Å². The smallest absolute Gasteiger partial charge is 0.305 e. The minimum absolute atomic E-state index is 0.0846. The maximum atomic E-state index is 11.1. The van der Waals surface area contributed by atoms with Crippen LogP contribution in [0.5, 0.6) is 0 Å². The maximum Gasteiger partial charge on any atom is 0.305 e. The predicted molar refractivity (Wildman–Crippen MR) is 90.7 cm³/mol. The van der Waals surface area contributed by atoms with Crippen molar-refractivity contribution in [2.75, 3.05) is 0 Å². The maximum absolute atomic E-state index is 11.1. The van der Waals surface area contributed by atoms with E-state index in [2.05, 4.69) is 35.8 Å². The van der Waals surface area contributed by atoms with Crippen LogP contribution in [0.3, 0.4) is 0 Å². The van der Waals surface area contributed by atoms with Gasteiger partial charge in [0, 0.05) is 12.5 Å². The van der Waals surface area contributed by atoms with E-state index in [1.54, 1.807) is 0 Å². The van der Waals surface area contributed by atoms with Gasteiger partial charge in [-0.2, -0.15) is 0 Å². The quantitative estimate of drug-likeness (QED) is 0.776. The van der Waals surface area contributed by atoms with Crippen molar-refractivity contribution >= 4 is 17.0 Å². The highest BCUT2D eigenvalue weighted by Gasteiger charge is 2.18. The van der Waals surface area contributed by atoms with Gasteiger partial charge in [0.1, 0.15) is 5.82 Å². The molecule has 0 aliphatic carbocycles. The lowest BCUT2D eigenvalue weighted by atomic mass is 10.1.